The van der Waals surface area contributed by atoms with E-state index < -0.39 is 0 Å². The molecule has 1 aromatic heterocycles. The van der Waals surface area contributed by atoms with Crippen molar-refractivity contribution < 1.29 is 19.1 Å². The molecule has 9 heteroatoms. The zero-order valence-electron chi connectivity index (χ0n) is 15.4. The Hall–Kier alpha value is -3.88. The van der Waals surface area contributed by atoms with Crippen molar-refractivity contribution in [3.05, 3.63) is 58.5 Å². The second-order valence-electron chi connectivity index (χ2n) is 6.41. The maximum atomic E-state index is 12.2. The van der Waals surface area contributed by atoms with Crippen molar-refractivity contribution in [2.75, 3.05) is 25.1 Å². The van der Waals surface area contributed by atoms with Gasteiger partial charge in [0, 0.05) is 17.1 Å². The third-order valence-electron chi connectivity index (χ3n) is 4.38. The first-order valence-electron chi connectivity index (χ1n) is 9.02. The second-order valence-corrected chi connectivity index (χ2v) is 6.41. The topological polar surface area (TPSA) is 122 Å². The molecule has 3 aromatic rings. The Morgan fingerprint density at radius 3 is 2.59 bits per heavy atom. The molecule has 0 aliphatic carbocycles. The molecule has 2 heterocycles. The minimum atomic E-state index is -0.382. The molecular formula is C20H18N4O5. The van der Waals surface area contributed by atoms with E-state index in [1.54, 1.807) is 42.5 Å². The van der Waals surface area contributed by atoms with Crippen molar-refractivity contribution in [1.29, 1.82) is 0 Å². The van der Waals surface area contributed by atoms with Crippen LogP contribution in [0, 0.1) is 0 Å². The number of aromatic nitrogens is 2. The monoisotopic (exact) mass is 394 g/mol. The average Bonchev–Trinajstić information content (AvgIpc) is 2.74. The molecule has 148 valence electrons. The number of hydrogen-bond acceptors (Lipinski definition) is 6. The SMILES string of the molecule is O=C(Cc1n[nH]c(=O)c2ccccc12)NCC(=O)Nc1ccc2c(c1)OCCO2. The lowest BCUT2D eigenvalue weighted by molar-refractivity contribution is -0.123. The summed E-state index contributed by atoms with van der Waals surface area (Å²) in [6.45, 7) is 0.743. The third-order valence-corrected chi connectivity index (χ3v) is 4.38. The van der Waals surface area contributed by atoms with Gasteiger partial charge in [-0.05, 0) is 18.2 Å². The van der Waals surface area contributed by atoms with E-state index in [-0.39, 0.29) is 30.3 Å². The molecule has 0 atom stereocenters. The van der Waals surface area contributed by atoms with Gasteiger partial charge in [0.05, 0.1) is 24.0 Å². The number of nitrogens with one attached hydrogen (secondary N) is 3. The van der Waals surface area contributed by atoms with Crippen LogP contribution in [-0.2, 0) is 16.0 Å². The summed E-state index contributed by atoms with van der Waals surface area (Å²) in [5.74, 6) is 0.429. The largest absolute Gasteiger partial charge is 0.486 e. The number of ether oxygens (including phenoxy) is 2. The summed E-state index contributed by atoms with van der Waals surface area (Å²) >= 11 is 0. The first-order chi connectivity index (χ1) is 14.1. The minimum Gasteiger partial charge on any atom is -0.486 e. The van der Waals surface area contributed by atoms with Gasteiger partial charge in [-0.2, -0.15) is 5.10 Å². The number of carbonyl (C=O) groups is 2. The smallest absolute Gasteiger partial charge is 0.272 e. The molecule has 2 aromatic carbocycles. The normalized spacial score (nSPS) is 12.4. The Morgan fingerprint density at radius 2 is 1.76 bits per heavy atom. The van der Waals surface area contributed by atoms with Crippen molar-refractivity contribution in [1.82, 2.24) is 15.5 Å². The molecule has 0 unspecified atom stereocenters. The highest BCUT2D eigenvalue weighted by atomic mass is 16.6. The fourth-order valence-electron chi connectivity index (χ4n) is 3.03. The Labute approximate surface area is 165 Å². The van der Waals surface area contributed by atoms with Crippen LogP contribution in [0.25, 0.3) is 10.8 Å². The van der Waals surface area contributed by atoms with Gasteiger partial charge in [-0.25, -0.2) is 5.10 Å². The van der Waals surface area contributed by atoms with E-state index in [1.807, 2.05) is 0 Å². The van der Waals surface area contributed by atoms with Gasteiger partial charge in [-0.15, -0.1) is 0 Å². The van der Waals surface area contributed by atoms with Crippen molar-refractivity contribution >= 4 is 28.3 Å². The van der Waals surface area contributed by atoms with Crippen molar-refractivity contribution in [3.63, 3.8) is 0 Å². The molecule has 0 saturated heterocycles. The number of aromatic amines is 1. The Morgan fingerprint density at radius 1 is 1.00 bits per heavy atom. The first kappa shape index (κ1) is 18.5. The van der Waals surface area contributed by atoms with Crippen molar-refractivity contribution in [3.8, 4) is 11.5 Å². The molecule has 2 amide bonds. The lowest BCUT2D eigenvalue weighted by Crippen LogP contribution is -2.34. The van der Waals surface area contributed by atoms with Crippen LogP contribution in [0.15, 0.2) is 47.3 Å². The van der Waals surface area contributed by atoms with Gasteiger partial charge in [0.2, 0.25) is 11.8 Å². The Kier molecular flexibility index (Phi) is 5.10. The molecule has 0 radical (unpaired) electrons. The summed E-state index contributed by atoms with van der Waals surface area (Å²) in [4.78, 5) is 36.2. The van der Waals surface area contributed by atoms with E-state index in [9.17, 15) is 14.4 Å². The number of H-pyrrole nitrogens is 1. The second kappa shape index (κ2) is 8.01. The number of hydrogen-bond donors (Lipinski definition) is 3. The summed E-state index contributed by atoms with van der Waals surface area (Å²) < 4.78 is 10.9. The highest BCUT2D eigenvalue weighted by Gasteiger charge is 2.14. The molecule has 0 spiro atoms. The summed E-state index contributed by atoms with van der Waals surface area (Å²) in [6, 6.07) is 12.0. The summed E-state index contributed by atoms with van der Waals surface area (Å²) in [7, 11) is 0. The molecule has 0 bridgehead atoms. The maximum absolute atomic E-state index is 12.2. The molecular weight excluding hydrogens is 376 g/mol. The number of nitrogens with zero attached hydrogens (tertiary/aromatic N) is 1. The van der Waals surface area contributed by atoms with Crippen LogP contribution in [-0.4, -0.2) is 41.8 Å². The fraction of sp³-hybridized carbons (Fsp3) is 0.200. The molecule has 0 fully saturated rings. The third kappa shape index (κ3) is 4.18. The van der Waals surface area contributed by atoms with Crippen LogP contribution in [0.2, 0.25) is 0 Å². The van der Waals surface area contributed by atoms with Crippen molar-refractivity contribution in [2.45, 2.75) is 6.42 Å². The van der Waals surface area contributed by atoms with Gasteiger partial charge in [0.1, 0.15) is 13.2 Å². The molecule has 1 aliphatic rings. The quantitative estimate of drug-likeness (QED) is 0.593. The van der Waals surface area contributed by atoms with E-state index in [4.69, 9.17) is 9.47 Å². The molecule has 0 saturated carbocycles. The van der Waals surface area contributed by atoms with Crippen LogP contribution in [0.4, 0.5) is 5.69 Å². The number of amides is 2. The van der Waals surface area contributed by atoms with E-state index in [0.29, 0.717) is 46.9 Å². The molecule has 4 rings (SSSR count). The first-order valence-corrected chi connectivity index (χ1v) is 9.02. The molecule has 3 N–H and O–H groups in total. The minimum absolute atomic E-state index is 0.0609. The molecule has 9 nitrogen and oxygen atoms in total. The highest BCUT2D eigenvalue weighted by molar-refractivity contribution is 5.95. The van der Waals surface area contributed by atoms with Gasteiger partial charge in [-0.1, -0.05) is 18.2 Å². The number of carbonyl (C=O) groups excluding carboxylic acids is 2. The van der Waals surface area contributed by atoms with Gasteiger partial charge >= 0.3 is 0 Å². The lowest BCUT2D eigenvalue weighted by atomic mass is 10.1. The van der Waals surface area contributed by atoms with Crippen molar-refractivity contribution in [2.24, 2.45) is 0 Å². The lowest BCUT2D eigenvalue weighted by Gasteiger charge is -2.19. The Balaban J connectivity index is 1.35. The number of anilines is 1. The number of rotatable bonds is 5. The van der Waals surface area contributed by atoms with Gasteiger partial charge < -0.3 is 20.1 Å². The molecule has 1 aliphatic heterocycles. The maximum Gasteiger partial charge on any atom is 0.272 e. The summed E-state index contributed by atoms with van der Waals surface area (Å²) in [5, 5.41) is 12.7. The Bertz CT molecular complexity index is 1140. The summed E-state index contributed by atoms with van der Waals surface area (Å²) in [6.07, 6.45) is -0.0609. The van der Waals surface area contributed by atoms with E-state index in [2.05, 4.69) is 20.8 Å². The number of fused-ring (bicyclic) bond motifs is 2. The van der Waals surface area contributed by atoms with E-state index >= 15 is 0 Å². The van der Waals surface area contributed by atoms with Crippen LogP contribution in [0.1, 0.15) is 5.69 Å². The zero-order chi connectivity index (χ0) is 20.2. The molecule has 29 heavy (non-hydrogen) atoms. The van der Waals surface area contributed by atoms with Gasteiger partial charge in [-0.3, -0.25) is 14.4 Å². The predicted molar refractivity (Wildman–Crippen MR) is 105 cm³/mol. The van der Waals surface area contributed by atoms with Crippen LogP contribution >= 0.6 is 0 Å². The van der Waals surface area contributed by atoms with Crippen LogP contribution < -0.4 is 25.7 Å². The fourth-order valence-corrected chi connectivity index (χ4v) is 3.03. The standard InChI is InChI=1S/C20H18N4O5/c25-18(10-15-13-3-1-2-4-14(13)20(27)24-23-15)21-11-19(26)22-12-5-6-16-17(9-12)29-8-7-28-16/h1-6,9H,7-8,10-11H2,(H,21,25)(H,22,26)(H,24,27). The number of benzene rings is 2. The van der Waals surface area contributed by atoms with Crippen LogP contribution in [0.3, 0.4) is 0 Å². The van der Waals surface area contributed by atoms with Gasteiger partial charge in [0.25, 0.3) is 5.56 Å². The van der Waals surface area contributed by atoms with Gasteiger partial charge in [0.15, 0.2) is 11.5 Å². The predicted octanol–water partition coefficient (Wildman–Crippen LogP) is 0.992. The van der Waals surface area contributed by atoms with E-state index in [1.165, 1.54) is 0 Å². The van der Waals surface area contributed by atoms with Crippen LogP contribution in [0.5, 0.6) is 11.5 Å². The zero-order valence-corrected chi connectivity index (χ0v) is 15.4. The highest BCUT2D eigenvalue weighted by Crippen LogP contribution is 2.32. The average molecular weight is 394 g/mol. The van der Waals surface area contributed by atoms with E-state index in [0.717, 1.165) is 0 Å². The summed E-state index contributed by atoms with van der Waals surface area (Å²) in [5.41, 5.74) is 0.662.